The zero-order valence-electron chi connectivity index (χ0n) is 10.9. The van der Waals surface area contributed by atoms with Crippen molar-refractivity contribution in [3.8, 4) is 0 Å². The third kappa shape index (κ3) is 2.36. The highest BCUT2D eigenvalue weighted by Crippen LogP contribution is 2.43. The van der Waals surface area contributed by atoms with Gasteiger partial charge in [0.05, 0.1) is 24.9 Å². The van der Waals surface area contributed by atoms with Gasteiger partial charge in [-0.3, -0.25) is 0 Å². The van der Waals surface area contributed by atoms with Crippen LogP contribution in [0.1, 0.15) is 34.3 Å². The first-order chi connectivity index (χ1) is 8.75. The Morgan fingerprint density at radius 3 is 2.79 bits per heavy atom. The molecule has 0 radical (unpaired) electrons. The Bertz CT molecular complexity index is 478. The van der Waals surface area contributed by atoms with Gasteiger partial charge in [0.15, 0.2) is 0 Å². The molecule has 1 N–H and O–H groups in total. The molecule has 5 heteroatoms. The number of hydrogen-bond acceptors (Lipinski definition) is 4. The van der Waals surface area contributed by atoms with Crippen LogP contribution < -0.4 is 5.32 Å². The third-order valence-corrected chi connectivity index (χ3v) is 3.94. The number of piperidine rings is 1. The SMILES string of the molecule is COC(=O)c1ccc2c(c1)C1(CCNCC1)OC2.Cl. The number of hydrogen-bond donors (Lipinski definition) is 1. The Hall–Kier alpha value is -1.10. The quantitative estimate of drug-likeness (QED) is 0.801. The molecule has 1 spiro atoms. The van der Waals surface area contributed by atoms with E-state index in [-0.39, 0.29) is 24.0 Å². The zero-order valence-corrected chi connectivity index (χ0v) is 11.7. The van der Waals surface area contributed by atoms with Gasteiger partial charge in [-0.15, -0.1) is 12.4 Å². The topological polar surface area (TPSA) is 47.6 Å². The Balaban J connectivity index is 0.00000133. The van der Waals surface area contributed by atoms with Crippen LogP contribution >= 0.6 is 12.4 Å². The highest BCUT2D eigenvalue weighted by molar-refractivity contribution is 5.89. The molecule has 19 heavy (non-hydrogen) atoms. The minimum absolute atomic E-state index is 0. The van der Waals surface area contributed by atoms with Crippen molar-refractivity contribution in [3.05, 3.63) is 34.9 Å². The first-order valence-electron chi connectivity index (χ1n) is 6.32. The van der Waals surface area contributed by atoms with Crippen LogP contribution in [-0.2, 0) is 21.7 Å². The average Bonchev–Trinajstić information content (AvgIpc) is 2.77. The van der Waals surface area contributed by atoms with E-state index in [1.165, 1.54) is 18.2 Å². The molecule has 4 nitrogen and oxygen atoms in total. The largest absolute Gasteiger partial charge is 0.465 e. The Morgan fingerprint density at radius 2 is 2.11 bits per heavy atom. The standard InChI is InChI=1S/C14H17NO3.ClH/c1-17-13(16)10-2-3-11-9-18-14(12(11)8-10)4-6-15-7-5-14;/h2-3,8,15H,4-7,9H2,1H3;1H. The second-order valence-corrected chi connectivity index (χ2v) is 4.90. The van der Waals surface area contributed by atoms with Gasteiger partial charge in [-0.25, -0.2) is 4.79 Å². The van der Waals surface area contributed by atoms with E-state index in [0.29, 0.717) is 12.2 Å². The first-order valence-corrected chi connectivity index (χ1v) is 6.32. The summed E-state index contributed by atoms with van der Waals surface area (Å²) in [5.74, 6) is -0.284. The van der Waals surface area contributed by atoms with Gasteiger partial charge in [0, 0.05) is 0 Å². The van der Waals surface area contributed by atoms with Crippen molar-refractivity contribution in [2.45, 2.75) is 25.0 Å². The zero-order chi connectivity index (χ0) is 12.6. The van der Waals surface area contributed by atoms with Crippen LogP contribution in [0.5, 0.6) is 0 Å². The molecular weight excluding hydrogens is 266 g/mol. The van der Waals surface area contributed by atoms with Gasteiger partial charge in [-0.1, -0.05) is 6.07 Å². The lowest BCUT2D eigenvalue weighted by molar-refractivity contribution is -0.0590. The van der Waals surface area contributed by atoms with E-state index in [4.69, 9.17) is 9.47 Å². The second kappa shape index (κ2) is 5.49. The smallest absolute Gasteiger partial charge is 0.337 e. The fourth-order valence-electron chi connectivity index (χ4n) is 2.91. The summed E-state index contributed by atoms with van der Waals surface area (Å²) in [4.78, 5) is 11.6. The Labute approximate surface area is 118 Å². The number of esters is 1. The van der Waals surface area contributed by atoms with Crippen molar-refractivity contribution in [2.75, 3.05) is 20.2 Å². The van der Waals surface area contributed by atoms with Crippen LogP contribution in [0.4, 0.5) is 0 Å². The Kier molecular flexibility index (Phi) is 4.13. The molecular formula is C14H18ClNO3. The molecule has 104 valence electrons. The predicted octanol–water partition coefficient (Wildman–Crippen LogP) is 2.00. The summed E-state index contributed by atoms with van der Waals surface area (Å²) < 4.78 is 10.8. The molecule has 0 aromatic heterocycles. The van der Waals surface area contributed by atoms with Gasteiger partial charge in [0.25, 0.3) is 0 Å². The maximum absolute atomic E-state index is 11.6. The molecule has 2 heterocycles. The van der Waals surface area contributed by atoms with Gasteiger partial charge in [0.2, 0.25) is 0 Å². The van der Waals surface area contributed by atoms with E-state index < -0.39 is 0 Å². The van der Waals surface area contributed by atoms with E-state index in [9.17, 15) is 4.79 Å². The number of methoxy groups -OCH3 is 1. The predicted molar refractivity (Wildman–Crippen MR) is 73.6 cm³/mol. The normalized spacial score (nSPS) is 19.6. The van der Waals surface area contributed by atoms with E-state index in [1.807, 2.05) is 18.2 Å². The van der Waals surface area contributed by atoms with Crippen LogP contribution in [0.2, 0.25) is 0 Å². The highest BCUT2D eigenvalue weighted by Gasteiger charge is 2.41. The lowest BCUT2D eigenvalue weighted by Crippen LogP contribution is -2.39. The van der Waals surface area contributed by atoms with Gasteiger partial charge >= 0.3 is 5.97 Å². The molecule has 0 amide bonds. The summed E-state index contributed by atoms with van der Waals surface area (Å²) in [6.45, 7) is 2.57. The summed E-state index contributed by atoms with van der Waals surface area (Å²) in [5, 5.41) is 3.34. The molecule has 2 aliphatic heterocycles. The fourth-order valence-corrected chi connectivity index (χ4v) is 2.91. The maximum Gasteiger partial charge on any atom is 0.337 e. The molecule has 3 rings (SSSR count). The minimum atomic E-state index is -0.284. The lowest BCUT2D eigenvalue weighted by Gasteiger charge is -2.34. The summed E-state index contributed by atoms with van der Waals surface area (Å²) in [5.41, 5.74) is 2.79. The minimum Gasteiger partial charge on any atom is -0.465 e. The molecule has 1 aromatic carbocycles. The van der Waals surface area contributed by atoms with Crippen molar-refractivity contribution in [1.29, 1.82) is 0 Å². The van der Waals surface area contributed by atoms with Gasteiger partial charge in [0.1, 0.15) is 0 Å². The molecule has 0 saturated carbocycles. The maximum atomic E-state index is 11.6. The monoisotopic (exact) mass is 283 g/mol. The summed E-state index contributed by atoms with van der Waals surface area (Å²) in [6, 6.07) is 5.74. The van der Waals surface area contributed by atoms with E-state index in [2.05, 4.69) is 5.32 Å². The second-order valence-electron chi connectivity index (χ2n) is 4.90. The number of carbonyl (C=O) groups is 1. The van der Waals surface area contributed by atoms with Crippen molar-refractivity contribution in [2.24, 2.45) is 0 Å². The van der Waals surface area contributed by atoms with Crippen molar-refractivity contribution in [3.63, 3.8) is 0 Å². The molecule has 0 aliphatic carbocycles. The van der Waals surface area contributed by atoms with Gasteiger partial charge < -0.3 is 14.8 Å². The third-order valence-electron chi connectivity index (χ3n) is 3.94. The van der Waals surface area contributed by atoms with Gasteiger partial charge in [-0.05, 0) is 49.2 Å². The number of rotatable bonds is 1. The Morgan fingerprint density at radius 1 is 1.37 bits per heavy atom. The van der Waals surface area contributed by atoms with Crippen LogP contribution in [0, 0.1) is 0 Å². The molecule has 0 atom stereocenters. The van der Waals surface area contributed by atoms with E-state index in [1.54, 1.807) is 0 Å². The van der Waals surface area contributed by atoms with Crippen LogP contribution in [0.15, 0.2) is 18.2 Å². The van der Waals surface area contributed by atoms with Crippen LogP contribution in [0.3, 0.4) is 0 Å². The van der Waals surface area contributed by atoms with Crippen molar-refractivity contribution in [1.82, 2.24) is 5.32 Å². The number of nitrogens with one attached hydrogen (secondary N) is 1. The number of benzene rings is 1. The van der Waals surface area contributed by atoms with Crippen LogP contribution in [-0.4, -0.2) is 26.2 Å². The van der Waals surface area contributed by atoms with E-state index in [0.717, 1.165) is 25.9 Å². The molecule has 1 saturated heterocycles. The van der Waals surface area contributed by atoms with Gasteiger partial charge in [-0.2, -0.15) is 0 Å². The number of ether oxygens (including phenoxy) is 2. The molecule has 0 unspecified atom stereocenters. The fraction of sp³-hybridized carbons (Fsp3) is 0.500. The van der Waals surface area contributed by atoms with Crippen molar-refractivity contribution < 1.29 is 14.3 Å². The number of fused-ring (bicyclic) bond motifs is 2. The molecule has 1 aromatic rings. The molecule has 2 aliphatic rings. The van der Waals surface area contributed by atoms with Crippen molar-refractivity contribution >= 4 is 18.4 Å². The summed E-state index contributed by atoms with van der Waals surface area (Å²) in [6.07, 6.45) is 1.93. The first kappa shape index (κ1) is 14.3. The molecule has 0 bridgehead atoms. The molecule has 1 fully saturated rings. The highest BCUT2D eigenvalue weighted by atomic mass is 35.5. The summed E-state index contributed by atoms with van der Waals surface area (Å²) in [7, 11) is 1.41. The van der Waals surface area contributed by atoms with Crippen LogP contribution in [0.25, 0.3) is 0 Å². The summed E-state index contributed by atoms with van der Waals surface area (Å²) >= 11 is 0. The van der Waals surface area contributed by atoms with E-state index >= 15 is 0 Å². The number of halogens is 1. The average molecular weight is 284 g/mol. The lowest BCUT2D eigenvalue weighted by atomic mass is 9.83. The number of carbonyl (C=O) groups excluding carboxylic acids is 1.